The Labute approximate surface area is 97.5 Å². The van der Waals surface area contributed by atoms with Crippen molar-refractivity contribution >= 4 is 11.0 Å². The Hall–Kier alpha value is -2.49. The van der Waals surface area contributed by atoms with Crippen molar-refractivity contribution < 1.29 is 0 Å². The zero-order valence-electron chi connectivity index (χ0n) is 9.01. The van der Waals surface area contributed by atoms with Crippen LogP contribution in [0.15, 0.2) is 48.7 Å². The van der Waals surface area contributed by atoms with Gasteiger partial charge in [0.2, 0.25) is 0 Å². The van der Waals surface area contributed by atoms with E-state index in [2.05, 4.69) is 15.0 Å². The Morgan fingerprint density at radius 3 is 2.59 bits per heavy atom. The summed E-state index contributed by atoms with van der Waals surface area (Å²) >= 11 is 0. The number of rotatable bonds is 1. The molecule has 3 aromatic rings. The number of para-hydroxylation sites is 2. The van der Waals surface area contributed by atoms with E-state index in [9.17, 15) is 0 Å². The van der Waals surface area contributed by atoms with Crippen LogP contribution in [0.1, 0.15) is 0 Å². The van der Waals surface area contributed by atoms with Crippen LogP contribution in [0.25, 0.3) is 22.4 Å². The molecule has 2 N–H and O–H groups in total. The summed E-state index contributed by atoms with van der Waals surface area (Å²) in [5, 5.41) is 7.54. The number of H-pyrrole nitrogens is 1. The topological polar surface area (TPSA) is 65.4 Å². The number of nitrogens with one attached hydrogen (secondary N) is 2. The third kappa shape index (κ3) is 1.80. The van der Waals surface area contributed by atoms with Gasteiger partial charge in [0.25, 0.3) is 0 Å². The fourth-order valence-corrected chi connectivity index (χ4v) is 1.71. The van der Waals surface area contributed by atoms with Gasteiger partial charge in [-0.2, -0.15) is 0 Å². The lowest BCUT2D eigenvalue weighted by Crippen LogP contribution is -2.04. The third-order valence-electron chi connectivity index (χ3n) is 2.52. The van der Waals surface area contributed by atoms with E-state index in [-0.39, 0.29) is 0 Å². The summed E-state index contributed by atoms with van der Waals surface area (Å²) < 4.78 is 0. The van der Waals surface area contributed by atoms with E-state index in [1.807, 2.05) is 36.4 Å². The van der Waals surface area contributed by atoms with Gasteiger partial charge < -0.3 is 4.98 Å². The highest BCUT2D eigenvalue weighted by Gasteiger charge is 2.01. The molecular weight excluding hydrogens is 212 g/mol. The summed E-state index contributed by atoms with van der Waals surface area (Å²) in [5.41, 5.74) is 3.64. The van der Waals surface area contributed by atoms with Crippen LogP contribution in [0.5, 0.6) is 0 Å². The Morgan fingerprint density at radius 1 is 0.941 bits per heavy atom. The molecule has 82 valence electrons. The zero-order chi connectivity index (χ0) is 11.7. The van der Waals surface area contributed by atoms with E-state index in [1.54, 1.807) is 12.3 Å². The normalized spacial score (nSPS) is 10.6. The number of aromatic amines is 1. The Balaban J connectivity index is 2.21. The molecule has 17 heavy (non-hydrogen) atoms. The third-order valence-corrected chi connectivity index (χ3v) is 2.52. The van der Waals surface area contributed by atoms with Crippen LogP contribution in [-0.4, -0.2) is 15.0 Å². The number of benzene rings is 1. The summed E-state index contributed by atoms with van der Waals surface area (Å²) in [6, 6.07) is 13.1. The number of hydrogen-bond acceptors (Lipinski definition) is 3. The maximum absolute atomic E-state index is 7.54. The molecule has 2 aromatic heterocycles. The molecule has 0 saturated carbocycles. The Kier molecular flexibility index (Phi) is 2.19. The average Bonchev–Trinajstić information content (AvgIpc) is 2.38. The lowest BCUT2D eigenvalue weighted by Gasteiger charge is -2.02. The van der Waals surface area contributed by atoms with Crippen LogP contribution in [0.3, 0.4) is 0 Å². The largest absolute Gasteiger partial charge is 0.339 e. The van der Waals surface area contributed by atoms with E-state index in [1.165, 1.54) is 0 Å². The second-order valence-electron chi connectivity index (χ2n) is 3.72. The molecule has 0 unspecified atom stereocenters. The van der Waals surface area contributed by atoms with Crippen LogP contribution >= 0.6 is 0 Å². The molecule has 1 aromatic carbocycles. The van der Waals surface area contributed by atoms with Crippen LogP contribution in [0, 0.1) is 5.41 Å². The van der Waals surface area contributed by atoms with Gasteiger partial charge in [0.1, 0.15) is 11.2 Å². The van der Waals surface area contributed by atoms with Crippen molar-refractivity contribution in [1.29, 1.82) is 5.41 Å². The lowest BCUT2D eigenvalue weighted by molar-refractivity contribution is 1.09. The number of aromatic nitrogens is 3. The van der Waals surface area contributed by atoms with Crippen LogP contribution in [0.4, 0.5) is 0 Å². The molecular formula is C13H10N4. The molecule has 4 heteroatoms. The molecule has 0 bridgehead atoms. The monoisotopic (exact) mass is 222 g/mol. The second-order valence-corrected chi connectivity index (χ2v) is 3.72. The first-order chi connectivity index (χ1) is 8.33. The highest BCUT2D eigenvalue weighted by molar-refractivity contribution is 5.76. The standard InChI is InChI=1S/C13H10N4/c14-13-7-3-6-11(17-13)12-8-15-9-4-1-2-5-10(9)16-12/h1-8H,(H2,14,17). The smallest absolute Gasteiger partial charge is 0.122 e. The van der Waals surface area contributed by atoms with Gasteiger partial charge >= 0.3 is 0 Å². The summed E-state index contributed by atoms with van der Waals surface area (Å²) in [5.74, 6) is 0. The molecule has 0 fully saturated rings. The number of fused-ring (bicyclic) bond motifs is 1. The van der Waals surface area contributed by atoms with E-state index in [0.29, 0.717) is 5.49 Å². The minimum atomic E-state index is 0.359. The lowest BCUT2D eigenvalue weighted by atomic mass is 10.2. The van der Waals surface area contributed by atoms with E-state index in [4.69, 9.17) is 5.41 Å². The minimum absolute atomic E-state index is 0.359. The zero-order valence-corrected chi connectivity index (χ0v) is 9.01. The van der Waals surface area contributed by atoms with Crippen molar-refractivity contribution in [2.45, 2.75) is 0 Å². The van der Waals surface area contributed by atoms with E-state index >= 15 is 0 Å². The van der Waals surface area contributed by atoms with Gasteiger partial charge in [0.15, 0.2) is 0 Å². The van der Waals surface area contributed by atoms with Crippen molar-refractivity contribution in [3.63, 3.8) is 0 Å². The SMILES string of the molecule is N=c1cccc(-c2cnc3ccccc3n2)[nH]1. The van der Waals surface area contributed by atoms with Crippen LogP contribution in [-0.2, 0) is 0 Å². The van der Waals surface area contributed by atoms with Crippen molar-refractivity contribution in [3.05, 3.63) is 54.1 Å². The van der Waals surface area contributed by atoms with Crippen molar-refractivity contribution in [3.8, 4) is 11.4 Å². The fraction of sp³-hybridized carbons (Fsp3) is 0. The number of pyridine rings is 1. The van der Waals surface area contributed by atoms with Gasteiger partial charge in [0.05, 0.1) is 22.9 Å². The maximum Gasteiger partial charge on any atom is 0.122 e. The first-order valence-corrected chi connectivity index (χ1v) is 5.29. The molecule has 0 saturated heterocycles. The summed E-state index contributed by atoms with van der Waals surface area (Å²) in [4.78, 5) is 11.8. The van der Waals surface area contributed by atoms with Crippen LogP contribution < -0.4 is 5.49 Å². The van der Waals surface area contributed by atoms with E-state index in [0.717, 1.165) is 22.4 Å². The summed E-state index contributed by atoms with van der Waals surface area (Å²) in [6.45, 7) is 0. The average molecular weight is 222 g/mol. The van der Waals surface area contributed by atoms with Gasteiger partial charge in [-0.05, 0) is 24.3 Å². The minimum Gasteiger partial charge on any atom is -0.339 e. The van der Waals surface area contributed by atoms with Crippen molar-refractivity contribution in [1.82, 2.24) is 15.0 Å². The summed E-state index contributed by atoms with van der Waals surface area (Å²) in [6.07, 6.45) is 1.72. The van der Waals surface area contributed by atoms with E-state index < -0.39 is 0 Å². The predicted molar refractivity (Wildman–Crippen MR) is 65.2 cm³/mol. The van der Waals surface area contributed by atoms with Crippen LogP contribution in [0.2, 0.25) is 0 Å². The highest BCUT2D eigenvalue weighted by Crippen LogP contribution is 2.15. The molecule has 0 spiro atoms. The predicted octanol–water partition coefficient (Wildman–Crippen LogP) is 2.10. The first-order valence-electron chi connectivity index (χ1n) is 5.29. The molecule has 0 amide bonds. The number of nitrogens with zero attached hydrogens (tertiary/aromatic N) is 2. The molecule has 4 nitrogen and oxygen atoms in total. The molecule has 0 aliphatic carbocycles. The first kappa shape index (κ1) is 9.72. The molecule has 0 radical (unpaired) electrons. The number of hydrogen-bond donors (Lipinski definition) is 2. The molecule has 0 atom stereocenters. The van der Waals surface area contributed by atoms with Gasteiger partial charge in [-0.1, -0.05) is 18.2 Å². The molecule has 2 heterocycles. The summed E-state index contributed by atoms with van der Waals surface area (Å²) in [7, 11) is 0. The van der Waals surface area contributed by atoms with Crippen molar-refractivity contribution in [2.75, 3.05) is 0 Å². The van der Waals surface area contributed by atoms with Gasteiger partial charge in [0, 0.05) is 0 Å². The Morgan fingerprint density at radius 2 is 1.76 bits per heavy atom. The van der Waals surface area contributed by atoms with Crippen molar-refractivity contribution in [2.24, 2.45) is 0 Å². The molecule has 0 aliphatic heterocycles. The molecule has 3 rings (SSSR count). The Bertz CT molecular complexity index is 730. The van der Waals surface area contributed by atoms with Gasteiger partial charge in [-0.25, -0.2) is 4.98 Å². The highest BCUT2D eigenvalue weighted by atomic mass is 14.8. The quantitative estimate of drug-likeness (QED) is 0.662. The molecule has 0 aliphatic rings. The fourth-order valence-electron chi connectivity index (χ4n) is 1.71. The maximum atomic E-state index is 7.54. The van der Waals surface area contributed by atoms with Gasteiger partial charge in [-0.15, -0.1) is 0 Å². The second kappa shape index (κ2) is 3.83. The van der Waals surface area contributed by atoms with Gasteiger partial charge in [-0.3, -0.25) is 10.4 Å².